The molecule has 0 spiro atoms. The van der Waals surface area contributed by atoms with Crippen molar-refractivity contribution >= 4 is 34.1 Å². The van der Waals surface area contributed by atoms with Gasteiger partial charge in [0.15, 0.2) is 0 Å². The summed E-state index contributed by atoms with van der Waals surface area (Å²) in [5.74, 6) is 0. The van der Waals surface area contributed by atoms with E-state index in [0.717, 1.165) is 29.9 Å². The fraction of sp³-hybridized carbons (Fsp3) is 0.333. The Hall–Kier alpha value is -3.35. The maximum atomic E-state index is 4.36. The predicted molar refractivity (Wildman–Crippen MR) is 210 cm³/mol. The summed E-state index contributed by atoms with van der Waals surface area (Å²) in [4.78, 5) is 8.59. The molecule has 4 heteroatoms. The van der Waals surface area contributed by atoms with E-state index in [1.165, 1.54) is 86.1 Å². The molecule has 7 rings (SSSR count). The maximum Gasteiger partial charge on any atom is 2.00 e. The zero-order valence-corrected chi connectivity index (χ0v) is 32.6. The van der Waals surface area contributed by atoms with Crippen LogP contribution < -0.4 is 21.9 Å². The van der Waals surface area contributed by atoms with Crippen LogP contribution >= 0.6 is 0 Å². The molecule has 1 heterocycles. The SMILES string of the molecule is C1CCCC1.C1CCCC1.CCC[C-]=Cc1cnc(C)c(C)n1.[Zr+2].c1ccc([B-](c2ccccc2)(c2ccccc2)c2ccccc2)cc1. The van der Waals surface area contributed by atoms with Gasteiger partial charge in [-0.15, -0.1) is 6.42 Å². The van der Waals surface area contributed by atoms with E-state index in [1.54, 1.807) is 6.20 Å². The quantitative estimate of drug-likeness (QED) is 0.123. The second-order valence-corrected chi connectivity index (χ2v) is 13.1. The van der Waals surface area contributed by atoms with Crippen molar-refractivity contribution in [3.63, 3.8) is 0 Å². The number of nitrogens with zero attached hydrogens (tertiary/aromatic N) is 2. The Kier molecular flexibility index (Phi) is 18.9. The number of benzene rings is 4. The topological polar surface area (TPSA) is 25.8 Å². The first-order chi connectivity index (χ1) is 23.7. The summed E-state index contributed by atoms with van der Waals surface area (Å²) in [5, 5.41) is 0. The Bertz CT molecular complexity index is 1390. The number of hydrogen-bond donors (Lipinski definition) is 0. The van der Waals surface area contributed by atoms with Gasteiger partial charge in [-0.05, 0) is 20.0 Å². The maximum absolute atomic E-state index is 4.36. The minimum Gasteiger partial charge on any atom is -0.345 e. The molecule has 0 aliphatic heterocycles. The van der Waals surface area contributed by atoms with E-state index in [9.17, 15) is 0 Å². The van der Waals surface area contributed by atoms with Crippen molar-refractivity contribution in [1.29, 1.82) is 0 Å². The molecule has 2 aliphatic rings. The fourth-order valence-corrected chi connectivity index (χ4v) is 6.84. The summed E-state index contributed by atoms with van der Waals surface area (Å²) in [5.41, 5.74) is 8.24. The number of unbranched alkanes of at least 4 members (excludes halogenated alkanes) is 1. The van der Waals surface area contributed by atoms with Crippen molar-refractivity contribution < 1.29 is 26.2 Å². The van der Waals surface area contributed by atoms with Crippen LogP contribution in [0.5, 0.6) is 0 Å². The molecular weight excluding hydrogens is 671 g/mol. The average molecular weight is 726 g/mol. The van der Waals surface area contributed by atoms with Crippen LogP contribution in [0.3, 0.4) is 0 Å². The number of allylic oxidation sites excluding steroid dienone is 1. The summed E-state index contributed by atoms with van der Waals surface area (Å²) in [6, 6.07) is 43.5. The smallest absolute Gasteiger partial charge is 0.345 e. The number of rotatable bonds is 7. The molecule has 0 atom stereocenters. The van der Waals surface area contributed by atoms with Crippen molar-refractivity contribution in [2.75, 3.05) is 0 Å². The number of hydrogen-bond acceptors (Lipinski definition) is 2. The van der Waals surface area contributed by atoms with E-state index >= 15 is 0 Å². The molecule has 1 aromatic heterocycles. The summed E-state index contributed by atoms with van der Waals surface area (Å²) in [6.45, 7) is 6.07. The van der Waals surface area contributed by atoms with Gasteiger partial charge < -0.3 is 4.98 Å². The minimum absolute atomic E-state index is 0. The first kappa shape index (κ1) is 40.1. The van der Waals surface area contributed by atoms with E-state index in [0.29, 0.717) is 0 Å². The molecule has 0 unspecified atom stereocenters. The molecule has 4 aromatic carbocycles. The van der Waals surface area contributed by atoms with Crippen LogP contribution in [0, 0.1) is 19.9 Å². The fourth-order valence-electron chi connectivity index (χ4n) is 6.84. The minimum atomic E-state index is -1.22. The molecule has 2 nitrogen and oxygen atoms in total. The molecule has 0 amide bonds. The molecule has 252 valence electrons. The van der Waals surface area contributed by atoms with Gasteiger partial charge in [0.1, 0.15) is 6.15 Å². The van der Waals surface area contributed by atoms with Gasteiger partial charge in [-0.3, -0.25) is 11.1 Å². The van der Waals surface area contributed by atoms with Crippen LogP contribution in [0.4, 0.5) is 0 Å². The van der Waals surface area contributed by atoms with Crippen LogP contribution in [0.1, 0.15) is 101 Å². The summed E-state index contributed by atoms with van der Waals surface area (Å²) < 4.78 is 0. The molecule has 0 bridgehead atoms. The van der Waals surface area contributed by atoms with Gasteiger partial charge in [0, 0.05) is 5.69 Å². The molecular formula is C45H55BN2Zr. The molecule has 49 heavy (non-hydrogen) atoms. The molecule has 5 aromatic rings. The third-order valence-corrected chi connectivity index (χ3v) is 9.55. The van der Waals surface area contributed by atoms with Gasteiger partial charge in [-0.1, -0.05) is 205 Å². The van der Waals surface area contributed by atoms with Crippen LogP contribution in [0.15, 0.2) is 128 Å². The van der Waals surface area contributed by atoms with Gasteiger partial charge in [0.2, 0.25) is 0 Å². The van der Waals surface area contributed by atoms with Crippen LogP contribution in [0.25, 0.3) is 6.08 Å². The second-order valence-electron chi connectivity index (χ2n) is 13.1. The summed E-state index contributed by atoms with van der Waals surface area (Å²) in [6.07, 6.45) is 22.7. The monoisotopic (exact) mass is 724 g/mol. The summed E-state index contributed by atoms with van der Waals surface area (Å²) in [7, 11) is 0. The van der Waals surface area contributed by atoms with E-state index in [1.807, 2.05) is 19.9 Å². The largest absolute Gasteiger partial charge is 2.00 e. The zero-order valence-electron chi connectivity index (χ0n) is 30.2. The molecule has 2 aliphatic carbocycles. The normalized spacial score (nSPS) is 13.5. The van der Waals surface area contributed by atoms with E-state index in [-0.39, 0.29) is 26.2 Å². The Morgan fingerprint density at radius 2 is 0.857 bits per heavy atom. The Labute approximate surface area is 317 Å². The summed E-state index contributed by atoms with van der Waals surface area (Å²) >= 11 is 0. The van der Waals surface area contributed by atoms with Crippen LogP contribution in [0.2, 0.25) is 0 Å². The van der Waals surface area contributed by atoms with Crippen molar-refractivity contribution in [3.05, 3.63) is 151 Å². The third kappa shape index (κ3) is 12.5. The van der Waals surface area contributed by atoms with Crippen molar-refractivity contribution in [2.45, 2.75) is 97.8 Å². The molecule has 0 saturated heterocycles. The number of aromatic nitrogens is 2. The Morgan fingerprint density at radius 3 is 1.14 bits per heavy atom. The van der Waals surface area contributed by atoms with Gasteiger partial charge in [-0.2, -0.15) is 21.9 Å². The van der Waals surface area contributed by atoms with E-state index in [2.05, 4.69) is 144 Å². The van der Waals surface area contributed by atoms with Gasteiger partial charge in [0.05, 0.1) is 5.69 Å². The van der Waals surface area contributed by atoms with Gasteiger partial charge >= 0.3 is 26.2 Å². The van der Waals surface area contributed by atoms with Crippen LogP contribution in [-0.2, 0) is 26.2 Å². The van der Waals surface area contributed by atoms with E-state index < -0.39 is 6.15 Å². The van der Waals surface area contributed by atoms with Crippen molar-refractivity contribution in [3.8, 4) is 0 Å². The second kappa shape index (κ2) is 23.1. The first-order valence-corrected chi connectivity index (χ1v) is 18.4. The Morgan fingerprint density at radius 1 is 0.531 bits per heavy atom. The zero-order chi connectivity index (χ0) is 33.7. The van der Waals surface area contributed by atoms with Crippen molar-refractivity contribution in [2.24, 2.45) is 0 Å². The molecule has 2 saturated carbocycles. The average Bonchev–Trinajstić information content (AvgIpc) is 3.94. The molecule has 0 radical (unpaired) electrons. The van der Waals surface area contributed by atoms with Gasteiger partial charge in [-0.25, -0.2) is 6.08 Å². The van der Waals surface area contributed by atoms with Gasteiger partial charge in [0.25, 0.3) is 0 Å². The van der Waals surface area contributed by atoms with Crippen LogP contribution in [-0.4, -0.2) is 16.1 Å². The standard InChI is InChI=1S/C24H20B.C11H15N2.2C5H10.Zr/c1-5-13-21(14-6-1)25(22-15-7-2-8-16-22,23-17-9-3-10-18-23)24-19-11-4-12-20-24;1-4-5-6-7-11-8-12-9(2)10(3)13-11;2*1-2-4-5-3-1;/h1-20H;7-8H,4-5H2,1-3H3;2*1-5H2;/q2*-1;;;+2. The molecule has 0 N–H and O–H groups in total. The molecule has 2 fully saturated rings. The van der Waals surface area contributed by atoms with Crippen molar-refractivity contribution in [1.82, 2.24) is 9.97 Å². The number of aryl methyl sites for hydroxylation is 2. The van der Waals surface area contributed by atoms with E-state index in [4.69, 9.17) is 0 Å². The first-order valence-electron chi connectivity index (χ1n) is 18.4. The Balaban J connectivity index is 0.000000224. The third-order valence-electron chi connectivity index (χ3n) is 9.55. The predicted octanol–water partition coefficient (Wildman–Crippen LogP) is 9.67.